The van der Waals surface area contributed by atoms with E-state index in [4.69, 9.17) is 15.6 Å². The summed E-state index contributed by atoms with van der Waals surface area (Å²) in [5, 5.41) is 35.3. The second-order valence-electron chi connectivity index (χ2n) is 2.83. The lowest BCUT2D eigenvalue weighted by molar-refractivity contribution is 0.0693. The number of nitriles is 2. The minimum atomic E-state index is -1.32. The van der Waals surface area contributed by atoms with E-state index in [9.17, 15) is 9.90 Å². The van der Waals surface area contributed by atoms with Crippen LogP contribution < -0.4 is 0 Å². The standard InChI is InChI=1S/C11H6N2O3/c12-5-7(6-13)4-8-2-1-3-9(14)10(8)11(15)16/h1-4,14H,(H,15,16). The van der Waals surface area contributed by atoms with Gasteiger partial charge in [0.25, 0.3) is 0 Å². The van der Waals surface area contributed by atoms with Crippen LogP contribution in [0.15, 0.2) is 23.8 Å². The number of benzene rings is 1. The molecular weight excluding hydrogens is 208 g/mol. The SMILES string of the molecule is N#CC(C#N)=Cc1cccc(O)c1C(=O)O. The van der Waals surface area contributed by atoms with E-state index in [1.54, 1.807) is 12.1 Å². The van der Waals surface area contributed by atoms with E-state index < -0.39 is 11.7 Å². The van der Waals surface area contributed by atoms with E-state index in [-0.39, 0.29) is 16.7 Å². The molecule has 0 aliphatic heterocycles. The van der Waals surface area contributed by atoms with Crippen molar-refractivity contribution in [2.45, 2.75) is 0 Å². The zero-order valence-electron chi connectivity index (χ0n) is 8.01. The molecule has 0 aliphatic rings. The summed E-state index contributed by atoms with van der Waals surface area (Å²) in [5.74, 6) is -1.73. The molecule has 0 saturated heterocycles. The maximum absolute atomic E-state index is 10.8. The van der Waals surface area contributed by atoms with Gasteiger partial charge >= 0.3 is 5.97 Å². The average molecular weight is 214 g/mol. The minimum absolute atomic E-state index is 0.116. The summed E-state index contributed by atoms with van der Waals surface area (Å²) in [7, 11) is 0. The van der Waals surface area contributed by atoms with Gasteiger partial charge in [0.2, 0.25) is 0 Å². The van der Waals surface area contributed by atoms with Crippen molar-refractivity contribution in [3.05, 3.63) is 34.9 Å². The predicted octanol–water partition coefficient (Wildman–Crippen LogP) is 1.52. The van der Waals surface area contributed by atoms with Crippen molar-refractivity contribution in [2.24, 2.45) is 0 Å². The fraction of sp³-hybridized carbons (Fsp3) is 0. The summed E-state index contributed by atoms with van der Waals surface area (Å²) in [6, 6.07) is 7.28. The number of hydrogen-bond acceptors (Lipinski definition) is 4. The number of aromatic hydroxyl groups is 1. The van der Waals surface area contributed by atoms with Crippen LogP contribution >= 0.6 is 0 Å². The Morgan fingerprint density at radius 3 is 2.44 bits per heavy atom. The zero-order valence-corrected chi connectivity index (χ0v) is 8.01. The molecule has 0 saturated carbocycles. The lowest BCUT2D eigenvalue weighted by Crippen LogP contribution is -2.00. The Morgan fingerprint density at radius 2 is 1.94 bits per heavy atom. The van der Waals surface area contributed by atoms with Crippen LogP contribution in [0.4, 0.5) is 0 Å². The molecule has 0 unspecified atom stereocenters. The Kier molecular flexibility index (Phi) is 3.26. The first-order valence-corrected chi connectivity index (χ1v) is 4.17. The molecular formula is C11H6N2O3. The topological polar surface area (TPSA) is 105 Å². The van der Waals surface area contributed by atoms with Gasteiger partial charge in [-0.1, -0.05) is 12.1 Å². The van der Waals surface area contributed by atoms with E-state index in [1.807, 2.05) is 0 Å². The number of phenols is 1. The number of allylic oxidation sites excluding steroid dienone is 1. The summed E-state index contributed by atoms with van der Waals surface area (Å²) < 4.78 is 0. The van der Waals surface area contributed by atoms with Gasteiger partial charge in [0.05, 0.1) is 0 Å². The molecule has 5 nitrogen and oxygen atoms in total. The molecule has 0 atom stereocenters. The van der Waals surface area contributed by atoms with Gasteiger partial charge in [-0.25, -0.2) is 4.79 Å². The molecule has 16 heavy (non-hydrogen) atoms. The van der Waals surface area contributed by atoms with E-state index >= 15 is 0 Å². The van der Waals surface area contributed by atoms with Crippen LogP contribution in [-0.2, 0) is 0 Å². The highest BCUT2D eigenvalue weighted by Gasteiger charge is 2.13. The number of hydrogen-bond donors (Lipinski definition) is 2. The van der Waals surface area contributed by atoms with Crippen LogP contribution in [0.3, 0.4) is 0 Å². The third-order valence-electron chi connectivity index (χ3n) is 1.83. The van der Waals surface area contributed by atoms with Crippen molar-refractivity contribution in [2.75, 3.05) is 0 Å². The summed E-state index contributed by atoms with van der Waals surface area (Å²) in [6.07, 6.45) is 1.11. The van der Waals surface area contributed by atoms with E-state index in [1.165, 1.54) is 18.2 Å². The van der Waals surface area contributed by atoms with Gasteiger partial charge in [0.15, 0.2) is 0 Å². The molecule has 0 heterocycles. The van der Waals surface area contributed by atoms with Gasteiger partial charge in [0.1, 0.15) is 29.0 Å². The largest absolute Gasteiger partial charge is 0.507 e. The first kappa shape index (κ1) is 11.3. The lowest BCUT2D eigenvalue weighted by Gasteiger charge is -2.02. The number of aromatic carboxylic acids is 1. The third kappa shape index (κ3) is 2.17. The molecule has 5 heteroatoms. The Bertz CT molecular complexity index is 531. The maximum atomic E-state index is 10.8. The normalized spacial score (nSPS) is 8.62. The molecule has 1 rings (SSSR count). The lowest BCUT2D eigenvalue weighted by atomic mass is 10.0. The van der Waals surface area contributed by atoms with Crippen LogP contribution in [-0.4, -0.2) is 16.2 Å². The van der Waals surface area contributed by atoms with E-state index in [0.29, 0.717) is 0 Å². The zero-order chi connectivity index (χ0) is 12.1. The Balaban J connectivity index is 3.43. The second-order valence-corrected chi connectivity index (χ2v) is 2.83. The maximum Gasteiger partial charge on any atom is 0.340 e. The van der Waals surface area contributed by atoms with Crippen molar-refractivity contribution in [1.82, 2.24) is 0 Å². The molecule has 0 fully saturated rings. The molecule has 1 aromatic rings. The van der Waals surface area contributed by atoms with Crippen molar-refractivity contribution in [1.29, 1.82) is 10.5 Å². The summed E-state index contributed by atoms with van der Waals surface area (Å²) in [4.78, 5) is 10.8. The first-order valence-electron chi connectivity index (χ1n) is 4.17. The number of carboxylic acids is 1. The molecule has 0 radical (unpaired) electrons. The first-order chi connectivity index (χ1) is 7.60. The molecule has 2 N–H and O–H groups in total. The van der Waals surface area contributed by atoms with Crippen LogP contribution in [0.2, 0.25) is 0 Å². The van der Waals surface area contributed by atoms with Crippen molar-refractivity contribution in [3.63, 3.8) is 0 Å². The number of rotatable bonds is 2. The monoisotopic (exact) mass is 214 g/mol. The molecule has 0 aromatic heterocycles. The van der Waals surface area contributed by atoms with Crippen LogP contribution in [0, 0.1) is 22.7 Å². The highest BCUT2D eigenvalue weighted by atomic mass is 16.4. The van der Waals surface area contributed by atoms with Crippen LogP contribution in [0.25, 0.3) is 6.08 Å². The summed E-state index contributed by atoms with van der Waals surface area (Å²) >= 11 is 0. The van der Waals surface area contributed by atoms with Crippen molar-refractivity contribution < 1.29 is 15.0 Å². The van der Waals surface area contributed by atoms with Crippen LogP contribution in [0.1, 0.15) is 15.9 Å². The molecule has 0 aliphatic carbocycles. The van der Waals surface area contributed by atoms with E-state index in [2.05, 4.69) is 0 Å². The second kappa shape index (κ2) is 4.63. The molecule has 0 bridgehead atoms. The van der Waals surface area contributed by atoms with E-state index in [0.717, 1.165) is 6.08 Å². The Morgan fingerprint density at radius 1 is 1.31 bits per heavy atom. The number of nitrogens with zero attached hydrogens (tertiary/aromatic N) is 2. The smallest absolute Gasteiger partial charge is 0.340 e. The molecule has 0 spiro atoms. The third-order valence-corrected chi connectivity index (χ3v) is 1.83. The molecule has 1 aromatic carbocycles. The van der Waals surface area contributed by atoms with Crippen molar-refractivity contribution in [3.8, 4) is 17.9 Å². The number of carbonyl (C=O) groups is 1. The molecule has 0 amide bonds. The fourth-order valence-corrected chi connectivity index (χ4v) is 1.16. The summed E-state index contributed by atoms with van der Waals surface area (Å²) in [6.45, 7) is 0. The quantitative estimate of drug-likeness (QED) is 0.726. The fourth-order valence-electron chi connectivity index (χ4n) is 1.16. The van der Waals surface area contributed by atoms with Crippen molar-refractivity contribution >= 4 is 12.0 Å². The Hall–Kier alpha value is -2.79. The highest BCUT2D eigenvalue weighted by Crippen LogP contribution is 2.22. The predicted molar refractivity (Wildman–Crippen MR) is 54.3 cm³/mol. The van der Waals surface area contributed by atoms with Gasteiger partial charge in [-0.05, 0) is 17.7 Å². The van der Waals surface area contributed by atoms with Gasteiger partial charge in [0, 0.05) is 0 Å². The Labute approximate surface area is 91.1 Å². The molecule has 78 valence electrons. The summed E-state index contributed by atoms with van der Waals surface area (Å²) in [5.41, 5.74) is -0.441. The van der Waals surface area contributed by atoms with Gasteiger partial charge in [-0.15, -0.1) is 0 Å². The average Bonchev–Trinajstić information content (AvgIpc) is 2.25. The highest BCUT2D eigenvalue weighted by molar-refractivity contribution is 5.95. The van der Waals surface area contributed by atoms with Crippen LogP contribution in [0.5, 0.6) is 5.75 Å². The van der Waals surface area contributed by atoms with Gasteiger partial charge in [-0.2, -0.15) is 10.5 Å². The number of carboxylic acid groups (broad SMARTS) is 1. The van der Waals surface area contributed by atoms with Gasteiger partial charge < -0.3 is 10.2 Å². The minimum Gasteiger partial charge on any atom is -0.507 e. The van der Waals surface area contributed by atoms with Gasteiger partial charge in [-0.3, -0.25) is 0 Å².